The van der Waals surface area contributed by atoms with E-state index < -0.39 is 0 Å². The Kier molecular flexibility index (Phi) is 6.44. The molecular formula is C13H22N4O3S. The number of rotatable bonds is 7. The minimum absolute atomic E-state index is 0.215. The van der Waals surface area contributed by atoms with Gasteiger partial charge in [0.15, 0.2) is 0 Å². The molecule has 2 amide bonds. The minimum atomic E-state index is -0.309. The average molecular weight is 314 g/mol. The fourth-order valence-corrected chi connectivity index (χ4v) is 2.86. The molecule has 0 aliphatic rings. The van der Waals surface area contributed by atoms with E-state index in [0.717, 1.165) is 6.42 Å². The lowest BCUT2D eigenvalue weighted by atomic mass is 10.2. The van der Waals surface area contributed by atoms with Crippen LogP contribution < -0.4 is 16.4 Å². The highest BCUT2D eigenvalue weighted by Gasteiger charge is 2.25. The molecule has 0 saturated carbocycles. The van der Waals surface area contributed by atoms with Gasteiger partial charge in [0.1, 0.15) is 9.88 Å². The standard InChI is InChI=1S/C13H22N4O3S/c1-15-11(18)8-9(14)10(13(19)17(2)3)21-12(8)16-6-5-7-20-4/h16H,5-7,14H2,1-4H3,(H,15,18). The summed E-state index contributed by atoms with van der Waals surface area (Å²) in [7, 11) is 6.45. The molecule has 0 spiro atoms. The van der Waals surface area contributed by atoms with E-state index in [1.54, 1.807) is 21.2 Å². The van der Waals surface area contributed by atoms with E-state index in [2.05, 4.69) is 10.6 Å². The highest BCUT2D eigenvalue weighted by molar-refractivity contribution is 7.19. The fraction of sp³-hybridized carbons (Fsp3) is 0.538. The molecule has 0 fully saturated rings. The van der Waals surface area contributed by atoms with Crippen molar-refractivity contribution in [2.24, 2.45) is 0 Å². The number of nitrogens with two attached hydrogens (primary N) is 1. The molecule has 8 heteroatoms. The highest BCUT2D eigenvalue weighted by atomic mass is 32.1. The summed E-state index contributed by atoms with van der Waals surface area (Å²) in [5.41, 5.74) is 6.53. The van der Waals surface area contributed by atoms with Crippen molar-refractivity contribution in [1.29, 1.82) is 0 Å². The van der Waals surface area contributed by atoms with Crippen molar-refractivity contribution in [3.63, 3.8) is 0 Å². The third kappa shape index (κ3) is 4.08. The van der Waals surface area contributed by atoms with E-state index in [4.69, 9.17) is 10.5 Å². The molecule has 0 aliphatic heterocycles. The summed E-state index contributed by atoms with van der Waals surface area (Å²) in [5.74, 6) is -0.525. The molecule has 1 rings (SSSR count). The van der Waals surface area contributed by atoms with Crippen LogP contribution in [0.15, 0.2) is 0 Å². The number of amides is 2. The summed E-state index contributed by atoms with van der Waals surface area (Å²) < 4.78 is 4.98. The second kappa shape index (κ2) is 7.84. The normalized spacial score (nSPS) is 10.3. The predicted octanol–water partition coefficient (Wildman–Crippen LogP) is 0.840. The Morgan fingerprint density at radius 2 is 2.05 bits per heavy atom. The summed E-state index contributed by atoms with van der Waals surface area (Å²) in [6.07, 6.45) is 0.790. The molecule has 0 radical (unpaired) electrons. The Morgan fingerprint density at radius 3 is 2.57 bits per heavy atom. The van der Waals surface area contributed by atoms with Gasteiger partial charge in [0.05, 0.1) is 11.3 Å². The van der Waals surface area contributed by atoms with Crippen LogP contribution in [0.25, 0.3) is 0 Å². The van der Waals surface area contributed by atoms with Gasteiger partial charge in [-0.25, -0.2) is 0 Å². The van der Waals surface area contributed by atoms with E-state index in [9.17, 15) is 9.59 Å². The van der Waals surface area contributed by atoms with Crippen LogP contribution >= 0.6 is 11.3 Å². The lowest BCUT2D eigenvalue weighted by molar-refractivity contribution is 0.0833. The van der Waals surface area contributed by atoms with Gasteiger partial charge in [-0.1, -0.05) is 0 Å². The van der Waals surface area contributed by atoms with Crippen LogP contribution in [0.2, 0.25) is 0 Å². The zero-order valence-corrected chi connectivity index (χ0v) is 13.6. The minimum Gasteiger partial charge on any atom is -0.397 e. The molecule has 0 aromatic carbocycles. The smallest absolute Gasteiger partial charge is 0.265 e. The van der Waals surface area contributed by atoms with E-state index in [1.165, 1.54) is 23.3 Å². The van der Waals surface area contributed by atoms with Gasteiger partial charge in [-0.05, 0) is 6.42 Å². The molecule has 4 N–H and O–H groups in total. The Hall–Kier alpha value is -1.80. The monoisotopic (exact) mass is 314 g/mol. The zero-order chi connectivity index (χ0) is 16.0. The lowest BCUT2D eigenvalue weighted by Gasteiger charge is -2.08. The quantitative estimate of drug-likeness (QED) is 0.648. The van der Waals surface area contributed by atoms with Crippen LogP contribution in [0.1, 0.15) is 26.5 Å². The van der Waals surface area contributed by atoms with Crippen LogP contribution in [0.3, 0.4) is 0 Å². The number of carbonyl (C=O) groups excluding carboxylic acids is 2. The molecule has 0 saturated heterocycles. The van der Waals surface area contributed by atoms with Crippen molar-refractivity contribution in [3.05, 3.63) is 10.4 Å². The van der Waals surface area contributed by atoms with Crippen molar-refractivity contribution < 1.29 is 14.3 Å². The van der Waals surface area contributed by atoms with Gasteiger partial charge in [-0.3, -0.25) is 9.59 Å². The second-order valence-corrected chi connectivity index (χ2v) is 5.62. The Balaban J connectivity index is 3.06. The summed E-state index contributed by atoms with van der Waals surface area (Å²) in [5, 5.41) is 6.29. The third-order valence-corrected chi connectivity index (χ3v) is 3.96. The number of anilines is 2. The van der Waals surface area contributed by atoms with Crippen LogP contribution in [0.4, 0.5) is 10.7 Å². The van der Waals surface area contributed by atoms with Gasteiger partial charge in [0, 0.05) is 41.4 Å². The maximum atomic E-state index is 12.1. The predicted molar refractivity (Wildman–Crippen MR) is 85.1 cm³/mol. The van der Waals surface area contributed by atoms with Gasteiger partial charge in [0.25, 0.3) is 11.8 Å². The molecule has 1 aromatic rings. The maximum absolute atomic E-state index is 12.1. The number of thiophene rings is 1. The molecule has 21 heavy (non-hydrogen) atoms. The molecule has 1 aromatic heterocycles. The Bertz CT molecular complexity index is 514. The van der Waals surface area contributed by atoms with Gasteiger partial charge in [0.2, 0.25) is 0 Å². The first-order valence-corrected chi connectivity index (χ1v) is 7.34. The molecule has 118 valence electrons. The molecule has 0 unspecified atom stereocenters. The van der Waals surface area contributed by atoms with Crippen molar-refractivity contribution in [3.8, 4) is 0 Å². The number of methoxy groups -OCH3 is 1. The number of nitrogens with one attached hydrogen (secondary N) is 2. The van der Waals surface area contributed by atoms with Gasteiger partial charge >= 0.3 is 0 Å². The Labute approximate surface area is 128 Å². The van der Waals surface area contributed by atoms with E-state index in [0.29, 0.717) is 28.6 Å². The number of hydrogen-bond donors (Lipinski definition) is 3. The summed E-state index contributed by atoms with van der Waals surface area (Å²) in [6, 6.07) is 0. The first-order chi connectivity index (χ1) is 9.93. The van der Waals surface area contributed by atoms with E-state index in [1.807, 2.05) is 0 Å². The summed E-state index contributed by atoms with van der Waals surface area (Å²) >= 11 is 1.20. The highest BCUT2D eigenvalue weighted by Crippen LogP contribution is 2.36. The first-order valence-electron chi connectivity index (χ1n) is 6.52. The molecule has 0 atom stereocenters. The number of hydrogen-bond acceptors (Lipinski definition) is 6. The lowest BCUT2D eigenvalue weighted by Crippen LogP contribution is -2.23. The van der Waals surface area contributed by atoms with Crippen LogP contribution in [0, 0.1) is 0 Å². The van der Waals surface area contributed by atoms with Gasteiger partial charge in [-0.2, -0.15) is 0 Å². The average Bonchev–Trinajstić information content (AvgIpc) is 2.78. The van der Waals surface area contributed by atoms with Gasteiger partial charge < -0.3 is 26.0 Å². The number of carbonyl (C=O) groups is 2. The van der Waals surface area contributed by atoms with E-state index >= 15 is 0 Å². The van der Waals surface area contributed by atoms with Crippen LogP contribution in [-0.4, -0.2) is 58.1 Å². The molecule has 1 heterocycles. The topological polar surface area (TPSA) is 96.7 Å². The summed E-state index contributed by atoms with van der Waals surface area (Å²) in [4.78, 5) is 25.9. The fourth-order valence-electron chi connectivity index (χ4n) is 1.70. The van der Waals surface area contributed by atoms with Crippen LogP contribution in [-0.2, 0) is 4.74 Å². The summed E-state index contributed by atoms with van der Waals surface area (Å²) in [6.45, 7) is 1.25. The third-order valence-electron chi connectivity index (χ3n) is 2.81. The number of nitrogens with zero attached hydrogens (tertiary/aromatic N) is 1. The Morgan fingerprint density at radius 1 is 1.38 bits per heavy atom. The van der Waals surface area contributed by atoms with Crippen LogP contribution in [0.5, 0.6) is 0 Å². The maximum Gasteiger partial charge on any atom is 0.265 e. The second-order valence-electron chi connectivity index (χ2n) is 4.60. The largest absolute Gasteiger partial charge is 0.397 e. The van der Waals surface area contributed by atoms with Gasteiger partial charge in [-0.15, -0.1) is 11.3 Å². The number of nitrogen functional groups attached to an aromatic ring is 1. The van der Waals surface area contributed by atoms with Crippen molar-refractivity contribution in [2.75, 3.05) is 52.5 Å². The molecule has 0 aliphatic carbocycles. The molecule has 7 nitrogen and oxygen atoms in total. The van der Waals surface area contributed by atoms with Crippen molar-refractivity contribution >= 4 is 33.8 Å². The van der Waals surface area contributed by atoms with Crippen molar-refractivity contribution in [2.45, 2.75) is 6.42 Å². The van der Waals surface area contributed by atoms with E-state index in [-0.39, 0.29) is 17.5 Å². The SMILES string of the molecule is CNC(=O)c1c(NCCCOC)sc(C(=O)N(C)C)c1N. The number of ether oxygens (including phenoxy) is 1. The molecular weight excluding hydrogens is 292 g/mol. The first kappa shape index (κ1) is 17.3. The molecule has 0 bridgehead atoms. The zero-order valence-electron chi connectivity index (χ0n) is 12.8. The van der Waals surface area contributed by atoms with Crippen molar-refractivity contribution in [1.82, 2.24) is 10.2 Å².